The van der Waals surface area contributed by atoms with Crippen LogP contribution in [0.3, 0.4) is 0 Å². The van der Waals surface area contributed by atoms with Crippen LogP contribution in [0.25, 0.3) is 0 Å². The Hall–Kier alpha value is -3.16. The number of carbonyl (C=O) groups excluding carboxylic acids is 1. The monoisotopic (exact) mass is 414 g/mol. The fourth-order valence-electron chi connectivity index (χ4n) is 3.87. The van der Waals surface area contributed by atoms with Gasteiger partial charge in [0, 0.05) is 24.7 Å². The number of alkyl halides is 3. The van der Waals surface area contributed by atoms with Crippen molar-refractivity contribution in [3.05, 3.63) is 76.9 Å². The van der Waals surface area contributed by atoms with Crippen LogP contribution in [-0.2, 0) is 31.6 Å². The molecular formula is C22H21F3N4O. The van der Waals surface area contributed by atoms with Gasteiger partial charge in [-0.05, 0) is 40.8 Å². The van der Waals surface area contributed by atoms with Crippen molar-refractivity contribution in [1.82, 2.24) is 14.8 Å². The van der Waals surface area contributed by atoms with Gasteiger partial charge in [0.1, 0.15) is 12.2 Å². The van der Waals surface area contributed by atoms with E-state index in [1.165, 1.54) is 17.0 Å². The van der Waals surface area contributed by atoms with Gasteiger partial charge in [0.05, 0.1) is 12.1 Å². The van der Waals surface area contributed by atoms with Crippen LogP contribution in [0.1, 0.15) is 46.7 Å². The van der Waals surface area contributed by atoms with Crippen molar-refractivity contribution in [3.63, 3.8) is 0 Å². The maximum atomic E-state index is 13.4. The molecule has 2 aromatic carbocycles. The Kier molecular flexibility index (Phi) is 4.67. The van der Waals surface area contributed by atoms with Gasteiger partial charge in [0.2, 0.25) is 0 Å². The first-order valence-electron chi connectivity index (χ1n) is 9.52. The van der Waals surface area contributed by atoms with Crippen LogP contribution < -0.4 is 4.90 Å². The Balaban J connectivity index is 1.66. The van der Waals surface area contributed by atoms with Crippen LogP contribution in [0.5, 0.6) is 0 Å². The lowest BCUT2D eigenvalue weighted by molar-refractivity contribution is -0.138. The number of hydrogen-bond donors (Lipinski definition) is 0. The van der Waals surface area contributed by atoms with Crippen molar-refractivity contribution in [2.24, 2.45) is 7.05 Å². The molecule has 1 aliphatic heterocycles. The summed E-state index contributed by atoms with van der Waals surface area (Å²) in [5, 5.41) is 8.05. The molecule has 8 heteroatoms. The van der Waals surface area contributed by atoms with Gasteiger partial charge >= 0.3 is 6.18 Å². The molecule has 0 fully saturated rings. The van der Waals surface area contributed by atoms with Crippen LogP contribution >= 0.6 is 0 Å². The first-order valence-corrected chi connectivity index (χ1v) is 9.52. The van der Waals surface area contributed by atoms with Crippen LogP contribution in [-0.4, -0.2) is 20.7 Å². The van der Waals surface area contributed by atoms with Crippen LogP contribution in [0, 0.1) is 0 Å². The topological polar surface area (TPSA) is 51.0 Å². The third kappa shape index (κ3) is 3.46. The summed E-state index contributed by atoms with van der Waals surface area (Å²) in [5.41, 5.74) is 0.599. The van der Waals surface area contributed by atoms with Gasteiger partial charge in [-0.15, -0.1) is 10.2 Å². The Bertz CT molecular complexity index is 1120. The maximum Gasteiger partial charge on any atom is 0.416 e. The standard InChI is InChI=1S/C22H21F3N4O/c1-21(2,11-19-27-26-13-28(19)3)14-6-4-7-15(10-14)29-12-17-16(20(29)30)8-5-9-18(17)22(23,24)25/h4-10,13H,11-12H2,1-3H3. The molecule has 1 aromatic heterocycles. The molecule has 0 spiro atoms. The third-order valence-electron chi connectivity index (χ3n) is 5.62. The SMILES string of the molecule is Cn1cnnc1CC(C)(C)c1cccc(N2Cc3c(cccc3C(F)(F)F)C2=O)c1. The number of aromatic nitrogens is 3. The molecule has 30 heavy (non-hydrogen) atoms. The summed E-state index contributed by atoms with van der Waals surface area (Å²) in [7, 11) is 1.88. The molecule has 0 saturated heterocycles. The number of benzene rings is 2. The molecule has 0 bridgehead atoms. The zero-order valence-electron chi connectivity index (χ0n) is 16.9. The Morgan fingerprint density at radius 1 is 1.10 bits per heavy atom. The molecule has 0 saturated carbocycles. The number of rotatable bonds is 4. The Labute approximate surface area is 172 Å². The van der Waals surface area contributed by atoms with Crippen molar-refractivity contribution < 1.29 is 18.0 Å². The summed E-state index contributed by atoms with van der Waals surface area (Å²) >= 11 is 0. The van der Waals surface area contributed by atoms with E-state index in [1.807, 2.05) is 29.8 Å². The minimum Gasteiger partial charge on any atom is -0.321 e. The number of aryl methyl sites for hydroxylation is 1. The maximum absolute atomic E-state index is 13.4. The van der Waals surface area contributed by atoms with E-state index in [-0.39, 0.29) is 23.1 Å². The highest BCUT2D eigenvalue weighted by atomic mass is 19.4. The summed E-state index contributed by atoms with van der Waals surface area (Å²) < 4.78 is 42.0. The molecule has 0 unspecified atom stereocenters. The average Bonchev–Trinajstić information content (AvgIpc) is 3.24. The molecule has 3 aromatic rings. The molecule has 0 atom stereocenters. The zero-order chi connectivity index (χ0) is 21.7. The van der Waals surface area contributed by atoms with E-state index in [1.54, 1.807) is 12.4 Å². The van der Waals surface area contributed by atoms with Crippen molar-refractivity contribution in [3.8, 4) is 0 Å². The number of fused-ring (bicyclic) bond motifs is 1. The first-order chi connectivity index (χ1) is 14.1. The molecule has 0 aliphatic carbocycles. The number of amides is 1. The summed E-state index contributed by atoms with van der Waals surface area (Å²) in [6.07, 6.45) is -2.24. The minimum absolute atomic E-state index is 0.0266. The second-order valence-electron chi connectivity index (χ2n) is 8.19. The quantitative estimate of drug-likeness (QED) is 0.631. The predicted octanol–water partition coefficient (Wildman–Crippen LogP) is 4.51. The molecule has 0 radical (unpaired) electrons. The van der Waals surface area contributed by atoms with E-state index in [9.17, 15) is 18.0 Å². The second kappa shape index (κ2) is 6.97. The van der Waals surface area contributed by atoms with Gasteiger partial charge in [-0.3, -0.25) is 4.79 Å². The summed E-state index contributed by atoms with van der Waals surface area (Å²) in [4.78, 5) is 14.3. The van der Waals surface area contributed by atoms with Crippen LogP contribution in [0.4, 0.5) is 18.9 Å². The van der Waals surface area contributed by atoms with Gasteiger partial charge in [0.15, 0.2) is 0 Å². The molecule has 1 aliphatic rings. The molecule has 156 valence electrons. The van der Waals surface area contributed by atoms with E-state index in [2.05, 4.69) is 24.0 Å². The normalized spacial score (nSPS) is 14.3. The fourth-order valence-corrected chi connectivity index (χ4v) is 3.87. The van der Waals surface area contributed by atoms with Gasteiger partial charge in [-0.1, -0.05) is 32.0 Å². The van der Waals surface area contributed by atoms with Gasteiger partial charge in [-0.2, -0.15) is 13.2 Å². The highest BCUT2D eigenvalue weighted by Crippen LogP contribution is 2.39. The number of carbonyl (C=O) groups is 1. The number of anilines is 1. The lowest BCUT2D eigenvalue weighted by Crippen LogP contribution is -2.25. The van der Waals surface area contributed by atoms with Gasteiger partial charge in [-0.25, -0.2) is 0 Å². The molecule has 2 heterocycles. The third-order valence-corrected chi connectivity index (χ3v) is 5.62. The van der Waals surface area contributed by atoms with Crippen molar-refractivity contribution in [2.75, 3.05) is 4.90 Å². The smallest absolute Gasteiger partial charge is 0.321 e. The summed E-state index contributed by atoms with van der Waals surface area (Å²) in [6.45, 7) is 4.02. The van der Waals surface area contributed by atoms with Gasteiger partial charge in [0.25, 0.3) is 5.91 Å². The molecule has 5 nitrogen and oxygen atoms in total. The predicted molar refractivity (Wildman–Crippen MR) is 106 cm³/mol. The fraction of sp³-hybridized carbons (Fsp3) is 0.318. The van der Waals surface area contributed by atoms with Crippen LogP contribution in [0.2, 0.25) is 0 Å². The lowest BCUT2D eigenvalue weighted by Gasteiger charge is -2.26. The summed E-state index contributed by atoms with van der Waals surface area (Å²) in [6, 6.07) is 11.2. The van der Waals surface area contributed by atoms with E-state index in [4.69, 9.17) is 0 Å². The van der Waals surface area contributed by atoms with Crippen molar-refractivity contribution >= 4 is 11.6 Å². The number of nitrogens with zero attached hydrogens (tertiary/aromatic N) is 4. The second-order valence-corrected chi connectivity index (χ2v) is 8.19. The lowest BCUT2D eigenvalue weighted by atomic mass is 9.81. The van der Waals surface area contributed by atoms with E-state index in [0.29, 0.717) is 12.1 Å². The van der Waals surface area contributed by atoms with E-state index < -0.39 is 17.6 Å². The van der Waals surface area contributed by atoms with Crippen LogP contribution in [0.15, 0.2) is 48.8 Å². The zero-order valence-corrected chi connectivity index (χ0v) is 16.9. The van der Waals surface area contributed by atoms with Gasteiger partial charge < -0.3 is 9.47 Å². The molecule has 4 rings (SSSR count). The van der Waals surface area contributed by atoms with Crippen molar-refractivity contribution in [1.29, 1.82) is 0 Å². The highest BCUT2D eigenvalue weighted by molar-refractivity contribution is 6.10. The molecule has 0 N–H and O–H groups in total. The Morgan fingerprint density at radius 3 is 2.50 bits per heavy atom. The number of halogens is 3. The van der Waals surface area contributed by atoms with Crippen molar-refractivity contribution in [2.45, 2.75) is 38.4 Å². The summed E-state index contributed by atoms with van der Waals surface area (Å²) in [5.74, 6) is 0.407. The molecule has 1 amide bonds. The highest BCUT2D eigenvalue weighted by Gasteiger charge is 2.39. The molecular weight excluding hydrogens is 393 g/mol. The Morgan fingerprint density at radius 2 is 1.83 bits per heavy atom. The first kappa shape index (κ1) is 20.1. The van der Waals surface area contributed by atoms with E-state index >= 15 is 0 Å². The number of hydrogen-bond acceptors (Lipinski definition) is 3. The minimum atomic E-state index is -4.50. The average molecular weight is 414 g/mol. The largest absolute Gasteiger partial charge is 0.416 e. The van der Waals surface area contributed by atoms with E-state index in [0.717, 1.165) is 17.5 Å².